The maximum absolute atomic E-state index is 6.82. The van der Waals surface area contributed by atoms with Crippen LogP contribution in [0.1, 0.15) is 194 Å². The molecule has 2 atom stereocenters. The van der Waals surface area contributed by atoms with Crippen molar-refractivity contribution in [2.24, 2.45) is 5.92 Å². The Kier molecular flexibility index (Phi) is 30.2. The lowest BCUT2D eigenvalue weighted by molar-refractivity contribution is -0.0526. The van der Waals surface area contributed by atoms with Gasteiger partial charge in [0.25, 0.3) is 0 Å². The highest BCUT2D eigenvalue weighted by atomic mass is 16.5. The Hall–Kier alpha value is -1.12. The van der Waals surface area contributed by atoms with Crippen LogP contribution in [0.2, 0.25) is 0 Å². The van der Waals surface area contributed by atoms with Gasteiger partial charge in [-0.25, -0.2) is 0 Å². The molecule has 0 spiro atoms. The third kappa shape index (κ3) is 26.9. The van der Waals surface area contributed by atoms with Crippen LogP contribution in [0.25, 0.3) is 0 Å². The normalized spacial score (nSPS) is 19.0. The maximum Gasteiger partial charge on any atom is 0.0685 e. The van der Waals surface area contributed by atoms with Crippen molar-refractivity contribution in [3.63, 3.8) is 0 Å². The second-order valence-electron chi connectivity index (χ2n) is 14.8. The molecule has 0 saturated heterocycles. The number of rotatable bonds is 33. The van der Waals surface area contributed by atoms with E-state index in [1.807, 2.05) is 0 Å². The lowest BCUT2D eigenvalue weighted by Crippen LogP contribution is -2.30. The van der Waals surface area contributed by atoms with Gasteiger partial charge in [-0.15, -0.1) is 0 Å². The molecule has 268 valence electrons. The maximum atomic E-state index is 6.82. The Balaban J connectivity index is 2.16. The van der Waals surface area contributed by atoms with Gasteiger partial charge < -0.3 is 9.64 Å². The Bertz CT molecular complexity index is 699. The fourth-order valence-corrected chi connectivity index (χ4v) is 6.95. The lowest BCUT2D eigenvalue weighted by atomic mass is 9.91. The van der Waals surface area contributed by atoms with Gasteiger partial charge in [0.1, 0.15) is 0 Å². The largest absolute Gasteiger partial charge is 0.375 e. The highest BCUT2D eigenvalue weighted by Gasteiger charge is 2.39. The van der Waals surface area contributed by atoms with E-state index in [0.717, 1.165) is 25.4 Å². The molecule has 2 nitrogen and oxygen atoms in total. The number of allylic oxidation sites excluding steroid dienone is 8. The molecular weight excluding hydrogens is 558 g/mol. The summed E-state index contributed by atoms with van der Waals surface area (Å²) in [7, 11) is 4.43. The first-order chi connectivity index (χ1) is 22.6. The van der Waals surface area contributed by atoms with Crippen LogP contribution in [0, 0.1) is 5.92 Å². The summed E-state index contributed by atoms with van der Waals surface area (Å²) in [5.41, 5.74) is 0.182. The summed E-state index contributed by atoms with van der Waals surface area (Å²) in [6.45, 7) is 6.75. The van der Waals surface area contributed by atoms with Gasteiger partial charge in [-0.05, 0) is 129 Å². The van der Waals surface area contributed by atoms with Crippen LogP contribution in [0.3, 0.4) is 0 Å². The van der Waals surface area contributed by atoms with Gasteiger partial charge in [0.15, 0.2) is 0 Å². The van der Waals surface area contributed by atoms with Gasteiger partial charge in [0, 0.05) is 6.61 Å². The highest BCUT2D eigenvalue weighted by molar-refractivity contribution is 4.94. The average molecular weight is 640 g/mol. The minimum absolute atomic E-state index is 0.182. The van der Waals surface area contributed by atoms with Gasteiger partial charge in [-0.3, -0.25) is 0 Å². The Morgan fingerprint density at radius 3 is 1.52 bits per heavy atom. The first-order valence-electron chi connectivity index (χ1n) is 20.5. The summed E-state index contributed by atoms with van der Waals surface area (Å²) in [6.07, 6.45) is 55.7. The summed E-state index contributed by atoms with van der Waals surface area (Å²) in [5.74, 6) is 0.858. The standard InChI is InChI=1S/C44H81NO/c1-5-7-9-11-13-15-17-19-21-22-24-26-28-30-32-34-38-44(39-36-43(42-44)37-40-45(3)4)46-41-35-33-31-29-27-25-23-20-18-16-14-12-10-8-6-2/h13-16,19-21,23,43H,5-12,17-18,22,24-42H2,1-4H3/b15-13-,16-14-,21-19-,23-20-. The zero-order chi connectivity index (χ0) is 33.2. The summed E-state index contributed by atoms with van der Waals surface area (Å²) >= 11 is 0. The second-order valence-corrected chi connectivity index (χ2v) is 14.8. The molecule has 0 aromatic carbocycles. The van der Waals surface area contributed by atoms with Crippen molar-refractivity contribution in [1.82, 2.24) is 4.90 Å². The Labute approximate surface area is 290 Å². The van der Waals surface area contributed by atoms with E-state index in [9.17, 15) is 0 Å². The molecule has 0 aliphatic heterocycles. The molecule has 1 aliphatic carbocycles. The summed E-state index contributed by atoms with van der Waals surface area (Å²) < 4.78 is 6.82. The Morgan fingerprint density at radius 1 is 0.565 bits per heavy atom. The molecular formula is C44H81NO. The van der Waals surface area contributed by atoms with Crippen LogP contribution < -0.4 is 0 Å². The van der Waals surface area contributed by atoms with E-state index in [0.29, 0.717) is 0 Å². The minimum atomic E-state index is 0.182. The molecule has 0 N–H and O–H groups in total. The molecule has 0 bridgehead atoms. The number of hydrogen-bond acceptors (Lipinski definition) is 2. The highest BCUT2D eigenvalue weighted by Crippen LogP contribution is 2.42. The van der Waals surface area contributed by atoms with Crippen molar-refractivity contribution < 1.29 is 4.74 Å². The monoisotopic (exact) mass is 640 g/mol. The van der Waals surface area contributed by atoms with E-state index in [-0.39, 0.29) is 5.60 Å². The summed E-state index contributed by atoms with van der Waals surface area (Å²) in [4.78, 5) is 2.35. The smallest absolute Gasteiger partial charge is 0.0685 e. The van der Waals surface area contributed by atoms with Gasteiger partial charge in [0.2, 0.25) is 0 Å². The molecule has 46 heavy (non-hydrogen) atoms. The van der Waals surface area contributed by atoms with Crippen molar-refractivity contribution in [1.29, 1.82) is 0 Å². The fraction of sp³-hybridized carbons (Fsp3) is 0.818. The first kappa shape index (κ1) is 42.9. The molecule has 0 aromatic heterocycles. The van der Waals surface area contributed by atoms with E-state index in [4.69, 9.17) is 4.74 Å². The molecule has 0 heterocycles. The van der Waals surface area contributed by atoms with Crippen LogP contribution in [-0.4, -0.2) is 37.7 Å². The summed E-state index contributed by atoms with van der Waals surface area (Å²) in [6, 6.07) is 0. The van der Waals surface area contributed by atoms with Gasteiger partial charge in [-0.2, -0.15) is 0 Å². The third-order valence-corrected chi connectivity index (χ3v) is 9.99. The van der Waals surface area contributed by atoms with Gasteiger partial charge >= 0.3 is 0 Å². The zero-order valence-corrected chi connectivity index (χ0v) is 31.8. The predicted octanol–water partition coefficient (Wildman–Crippen LogP) is 14.1. The topological polar surface area (TPSA) is 12.5 Å². The van der Waals surface area contributed by atoms with Crippen molar-refractivity contribution in [2.75, 3.05) is 27.2 Å². The van der Waals surface area contributed by atoms with E-state index in [1.165, 1.54) is 173 Å². The molecule has 2 unspecified atom stereocenters. The second kappa shape index (κ2) is 32.4. The van der Waals surface area contributed by atoms with E-state index < -0.39 is 0 Å². The van der Waals surface area contributed by atoms with Gasteiger partial charge in [-0.1, -0.05) is 140 Å². The van der Waals surface area contributed by atoms with Crippen LogP contribution in [0.15, 0.2) is 48.6 Å². The van der Waals surface area contributed by atoms with E-state index in [1.54, 1.807) is 0 Å². The minimum Gasteiger partial charge on any atom is -0.375 e. The number of nitrogens with zero attached hydrogens (tertiary/aromatic N) is 1. The number of unbranched alkanes of at least 4 members (excludes halogenated alkanes) is 17. The zero-order valence-electron chi connectivity index (χ0n) is 31.8. The lowest BCUT2D eigenvalue weighted by Gasteiger charge is -2.30. The molecule has 0 aromatic rings. The van der Waals surface area contributed by atoms with Crippen molar-refractivity contribution in [3.05, 3.63) is 48.6 Å². The average Bonchev–Trinajstić information content (AvgIpc) is 3.46. The van der Waals surface area contributed by atoms with E-state index >= 15 is 0 Å². The van der Waals surface area contributed by atoms with Crippen LogP contribution in [0.5, 0.6) is 0 Å². The van der Waals surface area contributed by atoms with Crippen molar-refractivity contribution in [2.45, 2.75) is 199 Å². The molecule has 1 rings (SSSR count). The van der Waals surface area contributed by atoms with Crippen LogP contribution in [-0.2, 0) is 4.74 Å². The molecule has 1 saturated carbocycles. The van der Waals surface area contributed by atoms with E-state index in [2.05, 4.69) is 81.5 Å². The Morgan fingerprint density at radius 2 is 1.02 bits per heavy atom. The van der Waals surface area contributed by atoms with Crippen LogP contribution in [0.4, 0.5) is 0 Å². The molecule has 1 fully saturated rings. The molecule has 2 heteroatoms. The number of hydrogen-bond donors (Lipinski definition) is 0. The third-order valence-electron chi connectivity index (χ3n) is 9.99. The molecule has 0 amide bonds. The van der Waals surface area contributed by atoms with Crippen molar-refractivity contribution in [3.8, 4) is 0 Å². The quantitative estimate of drug-likeness (QED) is 0.0523. The molecule has 0 radical (unpaired) electrons. The summed E-state index contributed by atoms with van der Waals surface area (Å²) in [5, 5.41) is 0. The molecule has 1 aliphatic rings. The number of ether oxygens (including phenoxy) is 1. The SMILES string of the molecule is CCCCC/C=C\C/C=C\CCCCCCCCC1(OCCCCCCC/C=C\C/C=C\CCCCC)CCC(CCN(C)C)C1. The van der Waals surface area contributed by atoms with Gasteiger partial charge in [0.05, 0.1) is 5.60 Å². The fourth-order valence-electron chi connectivity index (χ4n) is 6.95. The predicted molar refractivity (Wildman–Crippen MR) is 208 cm³/mol. The van der Waals surface area contributed by atoms with Crippen molar-refractivity contribution >= 4 is 0 Å². The van der Waals surface area contributed by atoms with Crippen LogP contribution >= 0.6 is 0 Å². The first-order valence-corrected chi connectivity index (χ1v) is 20.5.